The molecule has 0 saturated heterocycles. The molecule has 0 N–H and O–H groups in total. The third-order valence-corrected chi connectivity index (χ3v) is 14.3. The summed E-state index contributed by atoms with van der Waals surface area (Å²) in [7, 11) is 0. The van der Waals surface area contributed by atoms with Crippen LogP contribution in [-0.4, -0.2) is 0 Å². The number of nitrogens with zero attached hydrogens (tertiary/aromatic N) is 4. The third-order valence-electron chi connectivity index (χ3n) is 14.3. The van der Waals surface area contributed by atoms with Crippen molar-refractivity contribution in [1.82, 2.24) is 0 Å². The van der Waals surface area contributed by atoms with Crippen LogP contribution in [0.25, 0.3) is 43.4 Å². The second-order valence-corrected chi connectivity index (χ2v) is 19.1. The summed E-state index contributed by atoms with van der Waals surface area (Å²) in [5.41, 5.74) is 15.5. The summed E-state index contributed by atoms with van der Waals surface area (Å²) in [4.78, 5) is 9.34. The highest BCUT2D eigenvalue weighted by atomic mass is 15.2. The Bertz CT molecular complexity index is 4050. The minimum atomic E-state index is 1.08. The van der Waals surface area contributed by atoms with Gasteiger partial charge in [-0.15, -0.1) is 0 Å². The van der Waals surface area contributed by atoms with Crippen molar-refractivity contribution in [2.45, 2.75) is 0 Å². The van der Waals surface area contributed by atoms with Crippen LogP contribution >= 0.6 is 0 Å². The van der Waals surface area contributed by atoms with Gasteiger partial charge in [-0.05, 0) is 189 Å². The second kappa shape index (κ2) is 20.4. The maximum absolute atomic E-state index is 2.34. The van der Waals surface area contributed by atoms with E-state index in [2.05, 4.69) is 335 Å². The van der Waals surface area contributed by atoms with E-state index in [4.69, 9.17) is 0 Å². The molecule has 0 amide bonds. The third kappa shape index (κ3) is 9.17. The fourth-order valence-electron chi connectivity index (χ4n) is 10.6. The zero-order chi connectivity index (χ0) is 50.6. The predicted molar refractivity (Wildman–Crippen MR) is 323 cm³/mol. The number of hydrogen-bond donors (Lipinski definition) is 0. The van der Waals surface area contributed by atoms with E-state index in [1.807, 2.05) is 0 Å². The molecule has 13 aromatic carbocycles. The van der Waals surface area contributed by atoms with E-state index in [1.54, 1.807) is 0 Å². The van der Waals surface area contributed by atoms with Crippen molar-refractivity contribution >= 4 is 101 Å². The first-order chi connectivity index (χ1) is 37.7. The number of hydrogen-bond acceptors (Lipinski definition) is 4. The lowest BCUT2D eigenvalue weighted by Gasteiger charge is -2.27. The molecule has 0 aliphatic rings. The normalized spacial score (nSPS) is 11.2. The van der Waals surface area contributed by atoms with Crippen molar-refractivity contribution in [3.8, 4) is 11.1 Å². The lowest BCUT2D eigenvalue weighted by molar-refractivity contribution is 1.28. The van der Waals surface area contributed by atoms with Crippen LogP contribution < -0.4 is 19.6 Å². The summed E-state index contributed by atoms with van der Waals surface area (Å²) < 4.78 is 0. The summed E-state index contributed by atoms with van der Waals surface area (Å²) in [6.07, 6.45) is 0. The number of anilines is 12. The van der Waals surface area contributed by atoms with Crippen LogP contribution in [0.2, 0.25) is 0 Å². The van der Waals surface area contributed by atoms with Crippen LogP contribution in [0.1, 0.15) is 0 Å². The standard InChI is InChI=1S/C72H52N4/c1-6-20-61(21-7-1)73(62-22-8-2-9-23-62)68-44-35-58-50-69(45-36-57(58)49-68)74(63-24-10-3-11-25-63)66-39-30-54(31-40-66)55-32-41-67(42-33-55)75(64-26-12-4-13-27-64)70-46-37-60-52-72(47-38-59(60)51-70)76(65-28-14-5-15-29-65)71-43-34-53-18-16-17-19-56(53)48-71/h1-52H. The largest absolute Gasteiger partial charge is 0.310 e. The van der Waals surface area contributed by atoms with Gasteiger partial charge in [-0.2, -0.15) is 0 Å². The Balaban J connectivity index is 0.790. The minimum absolute atomic E-state index is 1.08. The molecule has 0 saturated carbocycles. The highest BCUT2D eigenvalue weighted by Crippen LogP contribution is 2.43. The first-order valence-corrected chi connectivity index (χ1v) is 25.9. The molecule has 13 rings (SSSR count). The first kappa shape index (κ1) is 45.7. The molecule has 0 atom stereocenters. The van der Waals surface area contributed by atoms with E-state index in [0.717, 1.165) is 79.4 Å². The van der Waals surface area contributed by atoms with E-state index in [0.29, 0.717) is 0 Å². The van der Waals surface area contributed by atoms with Gasteiger partial charge in [0.15, 0.2) is 0 Å². The van der Waals surface area contributed by atoms with Gasteiger partial charge in [-0.1, -0.05) is 170 Å². The van der Waals surface area contributed by atoms with Gasteiger partial charge in [0.2, 0.25) is 0 Å². The fraction of sp³-hybridized carbons (Fsp3) is 0. The molecule has 0 fully saturated rings. The van der Waals surface area contributed by atoms with Gasteiger partial charge in [-0.25, -0.2) is 0 Å². The van der Waals surface area contributed by atoms with Gasteiger partial charge in [0.05, 0.1) is 0 Å². The zero-order valence-electron chi connectivity index (χ0n) is 41.8. The molecule has 4 nitrogen and oxygen atoms in total. The van der Waals surface area contributed by atoms with E-state index in [1.165, 1.54) is 32.3 Å². The van der Waals surface area contributed by atoms with E-state index < -0.39 is 0 Å². The number of para-hydroxylation sites is 5. The molecule has 4 heteroatoms. The molecule has 0 spiro atoms. The molecule has 0 bridgehead atoms. The quantitative estimate of drug-likeness (QED) is 0.114. The predicted octanol–water partition coefficient (Wildman–Crippen LogP) is 20.7. The van der Waals surface area contributed by atoms with Crippen LogP contribution in [0, 0.1) is 0 Å². The van der Waals surface area contributed by atoms with Gasteiger partial charge >= 0.3 is 0 Å². The monoisotopic (exact) mass is 972 g/mol. The van der Waals surface area contributed by atoms with Crippen LogP contribution in [0.15, 0.2) is 315 Å². The maximum Gasteiger partial charge on any atom is 0.0468 e. The van der Waals surface area contributed by atoms with E-state index in [-0.39, 0.29) is 0 Å². The smallest absolute Gasteiger partial charge is 0.0468 e. The van der Waals surface area contributed by atoms with Crippen molar-refractivity contribution in [3.63, 3.8) is 0 Å². The lowest BCUT2D eigenvalue weighted by atomic mass is 10.0. The first-order valence-electron chi connectivity index (χ1n) is 25.9. The average Bonchev–Trinajstić information content (AvgIpc) is 3.49. The van der Waals surface area contributed by atoms with Crippen molar-refractivity contribution < 1.29 is 0 Å². The Hall–Kier alpha value is -10.2. The topological polar surface area (TPSA) is 13.0 Å². The van der Waals surface area contributed by atoms with Crippen molar-refractivity contribution in [2.75, 3.05) is 19.6 Å². The zero-order valence-corrected chi connectivity index (χ0v) is 41.8. The highest BCUT2D eigenvalue weighted by molar-refractivity contribution is 5.96. The molecule has 13 aromatic rings. The fourth-order valence-corrected chi connectivity index (χ4v) is 10.6. The van der Waals surface area contributed by atoms with Gasteiger partial charge < -0.3 is 19.6 Å². The van der Waals surface area contributed by atoms with Crippen LogP contribution in [0.5, 0.6) is 0 Å². The molecule has 0 aromatic heterocycles. The van der Waals surface area contributed by atoms with Gasteiger partial charge in [0.1, 0.15) is 0 Å². The van der Waals surface area contributed by atoms with E-state index >= 15 is 0 Å². The Morgan fingerprint density at radius 2 is 0.316 bits per heavy atom. The molecule has 0 aliphatic heterocycles. The highest BCUT2D eigenvalue weighted by Gasteiger charge is 2.19. The SMILES string of the molecule is c1ccc(N(c2ccccc2)c2ccc3cc(N(c4ccccc4)c4ccc(-c5ccc(N(c6ccccc6)c6ccc7cc(N(c8ccccc8)c8ccc9ccccc9c8)ccc7c6)cc5)cc4)ccc3c2)cc1. The number of benzene rings is 13. The Kier molecular flexibility index (Phi) is 12.3. The number of fused-ring (bicyclic) bond motifs is 3. The molecule has 0 aliphatic carbocycles. The van der Waals surface area contributed by atoms with Crippen molar-refractivity contribution in [3.05, 3.63) is 315 Å². The number of rotatable bonds is 13. The van der Waals surface area contributed by atoms with Gasteiger partial charge in [0, 0.05) is 68.2 Å². The Morgan fingerprint density at radius 3 is 0.592 bits per heavy atom. The second-order valence-electron chi connectivity index (χ2n) is 19.1. The molecule has 0 heterocycles. The van der Waals surface area contributed by atoms with Crippen LogP contribution in [0.4, 0.5) is 68.2 Å². The molecule has 0 unspecified atom stereocenters. The summed E-state index contributed by atoms with van der Waals surface area (Å²) in [6.45, 7) is 0. The van der Waals surface area contributed by atoms with Crippen molar-refractivity contribution in [2.24, 2.45) is 0 Å². The molecular formula is C72H52N4. The lowest BCUT2D eigenvalue weighted by Crippen LogP contribution is -2.10. The van der Waals surface area contributed by atoms with Gasteiger partial charge in [-0.3, -0.25) is 0 Å². The Labute approximate surface area is 444 Å². The summed E-state index contributed by atoms with van der Waals surface area (Å²) in [5, 5.41) is 7.13. The molecule has 0 radical (unpaired) electrons. The average molecular weight is 973 g/mol. The summed E-state index contributed by atoms with van der Waals surface area (Å²) >= 11 is 0. The maximum atomic E-state index is 2.34. The van der Waals surface area contributed by atoms with Crippen LogP contribution in [0.3, 0.4) is 0 Å². The molecule has 76 heavy (non-hydrogen) atoms. The summed E-state index contributed by atoms with van der Waals surface area (Å²) in [5.74, 6) is 0. The molecular weight excluding hydrogens is 921 g/mol. The molecule has 360 valence electrons. The van der Waals surface area contributed by atoms with E-state index in [9.17, 15) is 0 Å². The summed E-state index contributed by atoms with van der Waals surface area (Å²) in [6, 6.07) is 113. The van der Waals surface area contributed by atoms with Crippen LogP contribution in [-0.2, 0) is 0 Å². The minimum Gasteiger partial charge on any atom is -0.310 e. The Morgan fingerprint density at radius 1 is 0.132 bits per heavy atom. The van der Waals surface area contributed by atoms with Gasteiger partial charge in [0.25, 0.3) is 0 Å². The van der Waals surface area contributed by atoms with Crippen molar-refractivity contribution in [1.29, 1.82) is 0 Å².